The predicted molar refractivity (Wildman–Crippen MR) is 103 cm³/mol. The molecule has 0 saturated carbocycles. The van der Waals surface area contributed by atoms with Gasteiger partial charge in [-0.15, -0.1) is 0 Å². The Morgan fingerprint density at radius 1 is 1.08 bits per heavy atom. The first kappa shape index (κ1) is 17.5. The number of nitrogens with zero attached hydrogens (tertiary/aromatic N) is 2. The molecule has 1 aromatic heterocycles. The molecule has 0 saturated heterocycles. The Labute approximate surface area is 159 Å². The molecule has 124 valence electrons. The Bertz CT molecular complexity index is 844. The molecule has 0 bridgehead atoms. The van der Waals surface area contributed by atoms with Crippen molar-refractivity contribution in [1.29, 1.82) is 0 Å². The van der Waals surface area contributed by atoms with Gasteiger partial charge in [0.1, 0.15) is 0 Å². The molecule has 3 rings (SSSR count). The number of benzene rings is 2. The average molecular weight is 425 g/mol. The van der Waals surface area contributed by atoms with E-state index in [1.807, 2.05) is 30.6 Å². The van der Waals surface area contributed by atoms with Gasteiger partial charge < -0.3 is 10.3 Å². The fraction of sp³-hybridized carbons (Fsp3) is 0.167. The zero-order valence-electron chi connectivity index (χ0n) is 12.8. The first-order valence-corrected chi connectivity index (χ1v) is 9.07. The lowest BCUT2D eigenvalue weighted by Gasteiger charge is -2.10. The Hall–Kier alpha value is -1.33. The molecule has 0 aliphatic heterocycles. The quantitative estimate of drug-likeness (QED) is 0.602. The highest BCUT2D eigenvalue weighted by atomic mass is 79.9. The van der Waals surface area contributed by atoms with Crippen LogP contribution in [0.4, 0.5) is 0 Å². The lowest BCUT2D eigenvalue weighted by atomic mass is 10.1. The van der Waals surface area contributed by atoms with Crippen molar-refractivity contribution in [3.8, 4) is 11.3 Å². The molecule has 0 fully saturated rings. The van der Waals surface area contributed by atoms with Crippen LogP contribution in [0.2, 0.25) is 10.0 Å². The highest BCUT2D eigenvalue weighted by Crippen LogP contribution is 2.31. The summed E-state index contributed by atoms with van der Waals surface area (Å²) in [6.07, 6.45) is 2.73. The van der Waals surface area contributed by atoms with Crippen LogP contribution in [0.1, 0.15) is 11.3 Å². The second kappa shape index (κ2) is 7.70. The molecular weight excluding hydrogens is 409 g/mol. The van der Waals surface area contributed by atoms with Gasteiger partial charge in [0.15, 0.2) is 0 Å². The van der Waals surface area contributed by atoms with Gasteiger partial charge in [-0.2, -0.15) is 0 Å². The van der Waals surface area contributed by atoms with E-state index in [4.69, 9.17) is 28.9 Å². The summed E-state index contributed by atoms with van der Waals surface area (Å²) in [5.41, 5.74) is 9.87. The van der Waals surface area contributed by atoms with E-state index >= 15 is 0 Å². The van der Waals surface area contributed by atoms with Crippen LogP contribution >= 0.6 is 39.1 Å². The zero-order chi connectivity index (χ0) is 17.1. The summed E-state index contributed by atoms with van der Waals surface area (Å²) in [5.74, 6) is 0. The minimum Gasteiger partial charge on any atom is -0.333 e. The SMILES string of the molecule is NCc1c(-c2ccc(Cl)cc2Cl)ncn1CCc1ccc(Br)cc1. The molecule has 2 aromatic carbocycles. The van der Waals surface area contributed by atoms with Crippen molar-refractivity contribution in [3.05, 3.63) is 74.6 Å². The van der Waals surface area contributed by atoms with Crippen LogP contribution < -0.4 is 5.73 Å². The second-order valence-electron chi connectivity index (χ2n) is 5.44. The Morgan fingerprint density at radius 3 is 2.50 bits per heavy atom. The van der Waals surface area contributed by atoms with Crippen molar-refractivity contribution in [2.75, 3.05) is 0 Å². The summed E-state index contributed by atoms with van der Waals surface area (Å²) in [7, 11) is 0. The molecule has 0 unspecified atom stereocenters. The lowest BCUT2D eigenvalue weighted by molar-refractivity contribution is 0.661. The number of nitrogens with two attached hydrogens (primary N) is 1. The van der Waals surface area contributed by atoms with E-state index < -0.39 is 0 Å². The van der Waals surface area contributed by atoms with Crippen LogP contribution in [-0.4, -0.2) is 9.55 Å². The molecule has 2 N–H and O–H groups in total. The molecule has 1 heterocycles. The van der Waals surface area contributed by atoms with Gasteiger partial charge in [-0.25, -0.2) is 4.98 Å². The molecule has 0 spiro atoms. The van der Waals surface area contributed by atoms with Crippen molar-refractivity contribution < 1.29 is 0 Å². The average Bonchev–Trinajstić information content (AvgIpc) is 2.97. The first-order valence-electron chi connectivity index (χ1n) is 7.52. The normalized spacial score (nSPS) is 11.0. The summed E-state index contributed by atoms with van der Waals surface area (Å²) in [4.78, 5) is 4.52. The topological polar surface area (TPSA) is 43.8 Å². The number of imidazole rings is 1. The van der Waals surface area contributed by atoms with E-state index in [-0.39, 0.29) is 0 Å². The van der Waals surface area contributed by atoms with Crippen molar-refractivity contribution in [3.63, 3.8) is 0 Å². The Morgan fingerprint density at radius 2 is 1.83 bits per heavy atom. The van der Waals surface area contributed by atoms with E-state index in [0.717, 1.165) is 34.4 Å². The molecular formula is C18H16BrCl2N3. The van der Waals surface area contributed by atoms with E-state index in [9.17, 15) is 0 Å². The van der Waals surface area contributed by atoms with Crippen molar-refractivity contribution in [2.24, 2.45) is 5.73 Å². The van der Waals surface area contributed by atoms with Gasteiger partial charge in [-0.3, -0.25) is 0 Å². The summed E-state index contributed by atoms with van der Waals surface area (Å²) in [6, 6.07) is 13.7. The summed E-state index contributed by atoms with van der Waals surface area (Å²) in [5, 5.41) is 1.18. The third-order valence-corrected chi connectivity index (χ3v) is 4.96. The molecule has 0 aliphatic rings. The van der Waals surface area contributed by atoms with Crippen molar-refractivity contribution in [2.45, 2.75) is 19.5 Å². The maximum Gasteiger partial charge on any atom is 0.0956 e. The van der Waals surface area contributed by atoms with Crippen LogP contribution in [0.3, 0.4) is 0 Å². The van der Waals surface area contributed by atoms with Gasteiger partial charge in [0.05, 0.1) is 22.7 Å². The molecule has 0 atom stereocenters. The van der Waals surface area contributed by atoms with Crippen LogP contribution in [-0.2, 0) is 19.5 Å². The maximum atomic E-state index is 6.31. The van der Waals surface area contributed by atoms with Gasteiger partial charge in [-0.1, -0.05) is 51.3 Å². The number of hydrogen-bond acceptors (Lipinski definition) is 2. The maximum absolute atomic E-state index is 6.31. The largest absolute Gasteiger partial charge is 0.333 e. The minimum atomic E-state index is 0.397. The standard InChI is InChI=1S/C18H16BrCl2N3/c19-13-3-1-12(2-4-13)7-8-24-11-23-18(17(24)10-22)15-6-5-14(20)9-16(15)21/h1-6,9,11H,7-8,10,22H2. The molecule has 0 radical (unpaired) electrons. The zero-order valence-corrected chi connectivity index (χ0v) is 15.9. The third-order valence-electron chi connectivity index (χ3n) is 3.88. The molecule has 6 heteroatoms. The molecule has 24 heavy (non-hydrogen) atoms. The van der Waals surface area contributed by atoms with Crippen LogP contribution in [0.15, 0.2) is 53.3 Å². The Kier molecular flexibility index (Phi) is 5.61. The highest BCUT2D eigenvalue weighted by molar-refractivity contribution is 9.10. The number of rotatable bonds is 5. The van der Waals surface area contributed by atoms with Gasteiger partial charge in [0, 0.05) is 28.1 Å². The number of halogens is 3. The monoisotopic (exact) mass is 423 g/mol. The van der Waals surface area contributed by atoms with Gasteiger partial charge in [0.25, 0.3) is 0 Å². The summed E-state index contributed by atoms with van der Waals surface area (Å²) < 4.78 is 3.17. The highest BCUT2D eigenvalue weighted by Gasteiger charge is 2.14. The lowest BCUT2D eigenvalue weighted by Crippen LogP contribution is -2.09. The van der Waals surface area contributed by atoms with Gasteiger partial charge in [-0.05, 0) is 42.3 Å². The van der Waals surface area contributed by atoms with E-state index in [0.29, 0.717) is 16.6 Å². The molecule has 3 aromatic rings. The van der Waals surface area contributed by atoms with Crippen LogP contribution in [0.5, 0.6) is 0 Å². The number of hydrogen-bond donors (Lipinski definition) is 1. The van der Waals surface area contributed by atoms with E-state index in [1.165, 1.54) is 5.56 Å². The van der Waals surface area contributed by atoms with E-state index in [1.54, 1.807) is 6.07 Å². The number of aryl methyl sites for hydroxylation is 2. The van der Waals surface area contributed by atoms with Crippen molar-refractivity contribution >= 4 is 39.1 Å². The Balaban J connectivity index is 1.85. The van der Waals surface area contributed by atoms with Crippen molar-refractivity contribution in [1.82, 2.24) is 9.55 Å². The smallest absolute Gasteiger partial charge is 0.0956 e. The third kappa shape index (κ3) is 3.83. The fourth-order valence-electron chi connectivity index (χ4n) is 2.62. The molecule has 0 aliphatic carbocycles. The first-order chi connectivity index (χ1) is 11.6. The predicted octanol–water partition coefficient (Wildman–Crippen LogP) is 5.32. The summed E-state index contributed by atoms with van der Waals surface area (Å²) >= 11 is 15.7. The van der Waals surface area contributed by atoms with Crippen LogP contribution in [0, 0.1) is 0 Å². The second-order valence-corrected chi connectivity index (χ2v) is 7.20. The molecule has 3 nitrogen and oxygen atoms in total. The van der Waals surface area contributed by atoms with Gasteiger partial charge in [0.2, 0.25) is 0 Å². The fourth-order valence-corrected chi connectivity index (χ4v) is 3.38. The van der Waals surface area contributed by atoms with Gasteiger partial charge >= 0.3 is 0 Å². The minimum absolute atomic E-state index is 0.397. The van der Waals surface area contributed by atoms with E-state index in [2.05, 4.69) is 37.6 Å². The summed E-state index contributed by atoms with van der Waals surface area (Å²) in [6.45, 7) is 1.21. The molecule has 0 amide bonds. The number of aromatic nitrogens is 2. The van der Waals surface area contributed by atoms with Crippen LogP contribution in [0.25, 0.3) is 11.3 Å².